The lowest BCUT2D eigenvalue weighted by Crippen LogP contribution is -2.09. The molecule has 2 aromatic carbocycles. The number of rotatable bonds is 10. The predicted molar refractivity (Wildman–Crippen MR) is 134 cm³/mol. The van der Waals surface area contributed by atoms with Gasteiger partial charge in [-0.3, -0.25) is 0 Å². The molecular formula is C29H38N2O. The minimum atomic E-state index is 0.890. The quantitative estimate of drug-likeness (QED) is 0.326. The highest BCUT2D eigenvalue weighted by Crippen LogP contribution is 2.33. The number of benzene rings is 2. The predicted octanol–water partition coefficient (Wildman–Crippen LogP) is 7.93. The van der Waals surface area contributed by atoms with Crippen LogP contribution in [0, 0.1) is 5.92 Å². The van der Waals surface area contributed by atoms with Gasteiger partial charge in [0.25, 0.3) is 0 Å². The number of ether oxygens (including phenoxy) is 1. The number of nitrogens with zero attached hydrogens (tertiary/aromatic N) is 2. The molecule has 3 heteroatoms. The normalized spacial score (nSPS) is 14.6. The topological polar surface area (TPSA) is 27.1 Å². The summed E-state index contributed by atoms with van der Waals surface area (Å²) < 4.78 is 7.91. The zero-order valence-corrected chi connectivity index (χ0v) is 19.9. The molecule has 0 atom stereocenters. The van der Waals surface area contributed by atoms with E-state index in [0.29, 0.717) is 0 Å². The van der Waals surface area contributed by atoms with E-state index in [2.05, 4.69) is 54.0 Å². The van der Waals surface area contributed by atoms with Crippen LogP contribution in [0.1, 0.15) is 70.4 Å². The van der Waals surface area contributed by atoms with Crippen molar-refractivity contribution in [1.29, 1.82) is 0 Å². The summed E-state index contributed by atoms with van der Waals surface area (Å²) in [7, 11) is 1.72. The molecule has 1 heterocycles. The Labute approximate surface area is 193 Å². The van der Waals surface area contributed by atoms with Crippen molar-refractivity contribution in [2.24, 2.45) is 5.92 Å². The van der Waals surface area contributed by atoms with E-state index in [4.69, 9.17) is 9.72 Å². The molecule has 4 rings (SSSR count). The van der Waals surface area contributed by atoms with Crippen molar-refractivity contribution in [3.63, 3.8) is 0 Å². The van der Waals surface area contributed by atoms with Crippen molar-refractivity contribution >= 4 is 0 Å². The molecule has 0 radical (unpaired) electrons. The molecule has 0 unspecified atom stereocenters. The maximum atomic E-state index is 5.39. The molecule has 0 aliphatic heterocycles. The van der Waals surface area contributed by atoms with Crippen LogP contribution in [0.3, 0.4) is 0 Å². The molecule has 170 valence electrons. The molecule has 1 saturated carbocycles. The summed E-state index contributed by atoms with van der Waals surface area (Å²) in [5.74, 6) is 2.92. The van der Waals surface area contributed by atoms with Gasteiger partial charge in [0, 0.05) is 23.4 Å². The van der Waals surface area contributed by atoms with Crippen LogP contribution >= 0.6 is 0 Å². The highest BCUT2D eigenvalue weighted by atomic mass is 16.5. The average Bonchev–Trinajstić information content (AvgIpc) is 3.22. The van der Waals surface area contributed by atoms with Crippen LogP contribution in [-0.2, 0) is 13.0 Å². The van der Waals surface area contributed by atoms with Crippen molar-refractivity contribution in [1.82, 2.24) is 9.55 Å². The highest BCUT2D eigenvalue weighted by Gasteiger charge is 2.20. The molecule has 3 aromatic rings. The molecule has 0 bridgehead atoms. The fourth-order valence-electron chi connectivity index (χ4n) is 5.12. The fourth-order valence-corrected chi connectivity index (χ4v) is 5.12. The van der Waals surface area contributed by atoms with Gasteiger partial charge in [-0.15, -0.1) is 0 Å². The number of hydrogen-bond donors (Lipinski definition) is 0. The first-order chi connectivity index (χ1) is 15.8. The van der Waals surface area contributed by atoms with Crippen LogP contribution in [0.15, 0.2) is 54.6 Å². The summed E-state index contributed by atoms with van der Waals surface area (Å²) >= 11 is 0. The molecule has 0 spiro atoms. The van der Waals surface area contributed by atoms with Crippen LogP contribution in [0.2, 0.25) is 0 Å². The van der Waals surface area contributed by atoms with E-state index in [1.165, 1.54) is 74.6 Å². The van der Waals surface area contributed by atoms with E-state index >= 15 is 0 Å². The molecule has 3 nitrogen and oxygen atoms in total. The van der Waals surface area contributed by atoms with E-state index < -0.39 is 0 Å². The second kappa shape index (κ2) is 11.4. The average molecular weight is 431 g/mol. The van der Waals surface area contributed by atoms with Crippen LogP contribution in [0.25, 0.3) is 22.6 Å². The van der Waals surface area contributed by atoms with Gasteiger partial charge < -0.3 is 9.30 Å². The lowest BCUT2D eigenvalue weighted by molar-refractivity contribution is 0.331. The van der Waals surface area contributed by atoms with Crippen molar-refractivity contribution < 1.29 is 4.74 Å². The van der Waals surface area contributed by atoms with Crippen molar-refractivity contribution in [2.45, 2.75) is 77.7 Å². The molecule has 0 saturated heterocycles. The molecule has 1 aliphatic rings. The van der Waals surface area contributed by atoms with Gasteiger partial charge in [-0.25, -0.2) is 4.98 Å². The van der Waals surface area contributed by atoms with Crippen LogP contribution < -0.4 is 4.74 Å². The third-order valence-corrected chi connectivity index (χ3v) is 6.95. The molecular weight excluding hydrogens is 392 g/mol. The van der Waals surface area contributed by atoms with Gasteiger partial charge in [0.15, 0.2) is 0 Å². The summed E-state index contributed by atoms with van der Waals surface area (Å²) in [5.41, 5.74) is 4.94. The highest BCUT2D eigenvalue weighted by molar-refractivity contribution is 5.69. The van der Waals surface area contributed by atoms with Gasteiger partial charge in [-0.1, -0.05) is 82.2 Å². The number of unbranched alkanes of at least 4 members (excludes halogenated alkanes) is 1. The second-order valence-electron chi connectivity index (χ2n) is 9.23. The molecule has 1 aromatic heterocycles. The first-order valence-corrected chi connectivity index (χ1v) is 12.6. The summed E-state index contributed by atoms with van der Waals surface area (Å²) in [5, 5.41) is 0. The Kier molecular flexibility index (Phi) is 8.03. The lowest BCUT2D eigenvalue weighted by atomic mass is 9.85. The summed E-state index contributed by atoms with van der Waals surface area (Å²) in [4.78, 5) is 5.25. The Balaban J connectivity index is 1.69. The smallest absolute Gasteiger partial charge is 0.140 e. The zero-order valence-electron chi connectivity index (χ0n) is 19.9. The van der Waals surface area contributed by atoms with Gasteiger partial charge in [0.2, 0.25) is 0 Å². The van der Waals surface area contributed by atoms with E-state index in [1.807, 2.05) is 12.1 Å². The van der Waals surface area contributed by atoms with Gasteiger partial charge >= 0.3 is 0 Å². The zero-order chi connectivity index (χ0) is 22.2. The van der Waals surface area contributed by atoms with Crippen LogP contribution in [0.5, 0.6) is 5.75 Å². The van der Waals surface area contributed by atoms with E-state index in [-0.39, 0.29) is 0 Å². The maximum absolute atomic E-state index is 5.39. The monoisotopic (exact) mass is 430 g/mol. The number of methoxy groups -OCH3 is 1. The van der Waals surface area contributed by atoms with Crippen molar-refractivity contribution in [3.8, 4) is 28.4 Å². The number of hydrogen-bond acceptors (Lipinski definition) is 2. The second-order valence-corrected chi connectivity index (χ2v) is 9.23. The molecule has 0 N–H and O–H groups in total. The van der Waals surface area contributed by atoms with Gasteiger partial charge in [0.1, 0.15) is 11.6 Å². The van der Waals surface area contributed by atoms with E-state index in [0.717, 1.165) is 36.2 Å². The molecule has 32 heavy (non-hydrogen) atoms. The van der Waals surface area contributed by atoms with Gasteiger partial charge in [-0.2, -0.15) is 0 Å². The molecule has 1 fully saturated rings. The Hall–Kier alpha value is -2.55. The standard InChI is InChI=1S/C29H38N2O/c1-3-4-22-31-27(17-11-14-23-12-7-5-8-13-23)28(24-18-20-26(32-2)21-19-24)30-29(31)25-15-9-6-10-16-25/h6,9-10,15-16,18-21,23H,3-5,7-8,11-14,17,22H2,1-2H3. The summed E-state index contributed by atoms with van der Waals surface area (Å²) in [6.07, 6.45) is 13.2. The van der Waals surface area contributed by atoms with E-state index in [9.17, 15) is 0 Å². The van der Waals surface area contributed by atoms with Crippen LogP contribution in [-0.4, -0.2) is 16.7 Å². The minimum Gasteiger partial charge on any atom is -0.497 e. The Morgan fingerprint density at radius 3 is 2.34 bits per heavy atom. The molecule has 0 amide bonds. The molecule has 1 aliphatic carbocycles. The third kappa shape index (κ3) is 5.43. The number of imidazole rings is 1. The SMILES string of the molecule is CCCCn1c(-c2ccccc2)nc(-c2ccc(OC)cc2)c1CCCC1CCCCC1. The van der Waals surface area contributed by atoms with Crippen molar-refractivity contribution in [3.05, 3.63) is 60.3 Å². The Bertz CT molecular complexity index is 953. The number of aromatic nitrogens is 2. The Morgan fingerprint density at radius 2 is 1.66 bits per heavy atom. The van der Waals surface area contributed by atoms with Crippen molar-refractivity contribution in [2.75, 3.05) is 7.11 Å². The third-order valence-electron chi connectivity index (χ3n) is 6.95. The van der Waals surface area contributed by atoms with Gasteiger partial charge in [0.05, 0.1) is 12.8 Å². The minimum absolute atomic E-state index is 0.890. The van der Waals surface area contributed by atoms with E-state index in [1.54, 1.807) is 7.11 Å². The van der Waals surface area contributed by atoms with Gasteiger partial charge in [-0.05, 0) is 49.4 Å². The first kappa shape index (κ1) is 22.6. The largest absolute Gasteiger partial charge is 0.497 e. The Morgan fingerprint density at radius 1 is 0.906 bits per heavy atom. The van der Waals surface area contributed by atoms with Crippen LogP contribution in [0.4, 0.5) is 0 Å². The summed E-state index contributed by atoms with van der Waals surface area (Å²) in [6, 6.07) is 19.1. The summed E-state index contributed by atoms with van der Waals surface area (Å²) in [6.45, 7) is 3.30. The fraction of sp³-hybridized carbons (Fsp3) is 0.483. The maximum Gasteiger partial charge on any atom is 0.140 e. The lowest BCUT2D eigenvalue weighted by Gasteiger charge is -2.21. The first-order valence-electron chi connectivity index (χ1n) is 12.6.